The lowest BCUT2D eigenvalue weighted by Crippen LogP contribution is -2.53. The van der Waals surface area contributed by atoms with Gasteiger partial charge in [0, 0.05) is 49.8 Å². The maximum Gasteiger partial charge on any atom is 0.254 e. The molecule has 0 aliphatic carbocycles. The van der Waals surface area contributed by atoms with Crippen molar-refractivity contribution in [2.75, 3.05) is 39.3 Å². The van der Waals surface area contributed by atoms with Gasteiger partial charge < -0.3 is 9.80 Å². The highest BCUT2D eigenvalue weighted by atomic mass is 16.2. The van der Waals surface area contributed by atoms with Crippen LogP contribution in [0.1, 0.15) is 42.2 Å². The van der Waals surface area contributed by atoms with Gasteiger partial charge in [-0.2, -0.15) is 0 Å². The van der Waals surface area contributed by atoms with E-state index in [1.807, 2.05) is 47.1 Å². The predicted octanol–water partition coefficient (Wildman–Crippen LogP) is 2.70. The van der Waals surface area contributed by atoms with E-state index in [2.05, 4.69) is 16.8 Å². The molecule has 2 aromatic rings. The number of hydrogen-bond acceptors (Lipinski definition) is 4. The number of likely N-dealkylation sites (tertiary alicyclic amines) is 1. The fourth-order valence-electron chi connectivity index (χ4n) is 4.51. The first-order valence-corrected chi connectivity index (χ1v) is 10.7. The van der Waals surface area contributed by atoms with Gasteiger partial charge in [-0.3, -0.25) is 19.5 Å². The molecule has 0 radical (unpaired) electrons. The van der Waals surface area contributed by atoms with Gasteiger partial charge in [-0.05, 0) is 45.2 Å². The molecule has 29 heavy (non-hydrogen) atoms. The van der Waals surface area contributed by atoms with Gasteiger partial charge in [-0.1, -0.05) is 18.2 Å². The number of hydrogen-bond donors (Lipinski definition) is 0. The minimum absolute atomic E-state index is 0.0577. The maximum atomic E-state index is 13.2. The number of benzene rings is 1. The van der Waals surface area contributed by atoms with Crippen LogP contribution in [0.3, 0.4) is 0 Å². The van der Waals surface area contributed by atoms with E-state index in [1.54, 1.807) is 0 Å². The van der Waals surface area contributed by atoms with Crippen molar-refractivity contribution in [1.29, 1.82) is 0 Å². The van der Waals surface area contributed by atoms with Crippen LogP contribution >= 0.6 is 0 Å². The van der Waals surface area contributed by atoms with E-state index in [0.717, 1.165) is 54.6 Å². The number of piperazine rings is 1. The van der Waals surface area contributed by atoms with Gasteiger partial charge in [0.25, 0.3) is 5.91 Å². The zero-order valence-electron chi connectivity index (χ0n) is 17.4. The fourth-order valence-corrected chi connectivity index (χ4v) is 4.51. The van der Waals surface area contributed by atoms with Crippen molar-refractivity contribution >= 4 is 22.7 Å². The molecule has 154 valence electrons. The van der Waals surface area contributed by atoms with Gasteiger partial charge in [-0.15, -0.1) is 0 Å². The topological polar surface area (TPSA) is 56.8 Å². The summed E-state index contributed by atoms with van der Waals surface area (Å²) in [7, 11) is 0. The van der Waals surface area contributed by atoms with Crippen LogP contribution in [0, 0.1) is 6.92 Å². The zero-order chi connectivity index (χ0) is 20.4. The molecule has 1 unspecified atom stereocenters. The largest absolute Gasteiger partial charge is 0.339 e. The van der Waals surface area contributed by atoms with Crippen LogP contribution in [-0.2, 0) is 4.79 Å². The SMILES string of the molecule is Cc1cc(C(=O)N2CCN(CC(=O)N3CCCCC3C)CC2)c2ccccc2n1. The second-order valence-corrected chi connectivity index (χ2v) is 8.33. The summed E-state index contributed by atoms with van der Waals surface area (Å²) in [5.74, 6) is 0.287. The number of piperidine rings is 1. The van der Waals surface area contributed by atoms with E-state index in [9.17, 15) is 9.59 Å². The van der Waals surface area contributed by atoms with Crippen molar-refractivity contribution in [3.63, 3.8) is 0 Å². The lowest BCUT2D eigenvalue weighted by molar-refractivity contribution is -0.136. The number of nitrogens with zero attached hydrogens (tertiary/aromatic N) is 4. The number of carbonyl (C=O) groups is 2. The number of fused-ring (bicyclic) bond motifs is 1. The monoisotopic (exact) mass is 394 g/mol. The molecule has 4 rings (SSSR count). The Kier molecular flexibility index (Phi) is 5.81. The van der Waals surface area contributed by atoms with E-state index in [0.29, 0.717) is 25.7 Å². The molecular weight excluding hydrogens is 364 g/mol. The van der Waals surface area contributed by atoms with Crippen molar-refractivity contribution in [1.82, 2.24) is 19.7 Å². The molecule has 2 fully saturated rings. The third-order valence-electron chi connectivity index (χ3n) is 6.22. The quantitative estimate of drug-likeness (QED) is 0.803. The molecule has 3 heterocycles. The predicted molar refractivity (Wildman–Crippen MR) is 114 cm³/mol. The highest BCUT2D eigenvalue weighted by Gasteiger charge is 2.28. The summed E-state index contributed by atoms with van der Waals surface area (Å²) in [4.78, 5) is 36.5. The fraction of sp³-hybridized carbons (Fsp3) is 0.522. The molecule has 6 heteroatoms. The Morgan fingerprint density at radius 3 is 2.59 bits per heavy atom. The number of aryl methyl sites for hydroxylation is 1. The van der Waals surface area contributed by atoms with Crippen LogP contribution in [0.15, 0.2) is 30.3 Å². The number of rotatable bonds is 3. The molecule has 0 N–H and O–H groups in total. The smallest absolute Gasteiger partial charge is 0.254 e. The van der Waals surface area contributed by atoms with Crippen molar-refractivity contribution in [3.05, 3.63) is 41.6 Å². The van der Waals surface area contributed by atoms with Crippen LogP contribution in [0.5, 0.6) is 0 Å². The van der Waals surface area contributed by atoms with Crippen molar-refractivity contribution in [2.45, 2.75) is 39.2 Å². The highest BCUT2D eigenvalue weighted by Crippen LogP contribution is 2.21. The second-order valence-electron chi connectivity index (χ2n) is 8.33. The van der Waals surface area contributed by atoms with Gasteiger partial charge in [0.05, 0.1) is 17.6 Å². The number of amides is 2. The summed E-state index contributed by atoms with van der Waals surface area (Å²) in [5.41, 5.74) is 2.43. The van der Waals surface area contributed by atoms with Crippen LogP contribution in [0.2, 0.25) is 0 Å². The summed E-state index contributed by atoms with van der Waals surface area (Å²) in [6.45, 7) is 8.19. The average molecular weight is 395 g/mol. The normalized spacial score (nSPS) is 20.8. The Morgan fingerprint density at radius 1 is 1.07 bits per heavy atom. The van der Waals surface area contributed by atoms with Crippen molar-refractivity contribution < 1.29 is 9.59 Å². The van der Waals surface area contributed by atoms with Gasteiger partial charge in [-0.25, -0.2) is 0 Å². The third-order valence-corrected chi connectivity index (χ3v) is 6.22. The number of aromatic nitrogens is 1. The molecule has 2 amide bonds. The third kappa shape index (κ3) is 4.27. The lowest BCUT2D eigenvalue weighted by atomic mass is 10.0. The molecule has 6 nitrogen and oxygen atoms in total. The summed E-state index contributed by atoms with van der Waals surface area (Å²) >= 11 is 0. The Labute approximate surface area is 172 Å². The molecule has 2 saturated heterocycles. The Bertz CT molecular complexity index is 905. The second kappa shape index (κ2) is 8.49. The molecule has 2 aliphatic rings. The van der Waals surface area contributed by atoms with Gasteiger partial charge in [0.15, 0.2) is 0 Å². The highest BCUT2D eigenvalue weighted by molar-refractivity contribution is 6.06. The Hall–Kier alpha value is -2.47. The van der Waals surface area contributed by atoms with Crippen molar-refractivity contribution in [3.8, 4) is 0 Å². The maximum absolute atomic E-state index is 13.2. The number of carbonyl (C=O) groups excluding carboxylic acids is 2. The summed E-state index contributed by atoms with van der Waals surface area (Å²) < 4.78 is 0. The first-order chi connectivity index (χ1) is 14.0. The summed E-state index contributed by atoms with van der Waals surface area (Å²) in [5, 5.41) is 0.903. The van der Waals surface area contributed by atoms with Crippen LogP contribution in [0.25, 0.3) is 10.9 Å². The molecule has 0 spiro atoms. The standard InChI is InChI=1S/C23H30N4O2/c1-17-15-20(19-8-3-4-9-21(19)24-17)23(29)26-13-11-25(12-14-26)16-22(28)27-10-6-5-7-18(27)2/h3-4,8-9,15,18H,5-7,10-14,16H2,1-2H3. The van der Waals surface area contributed by atoms with E-state index < -0.39 is 0 Å². The van der Waals surface area contributed by atoms with Crippen LogP contribution < -0.4 is 0 Å². The van der Waals surface area contributed by atoms with E-state index in [-0.39, 0.29) is 11.8 Å². The lowest BCUT2D eigenvalue weighted by Gasteiger charge is -2.38. The number of para-hydroxylation sites is 1. The molecular formula is C23H30N4O2. The first-order valence-electron chi connectivity index (χ1n) is 10.7. The average Bonchev–Trinajstić information content (AvgIpc) is 2.73. The minimum Gasteiger partial charge on any atom is -0.339 e. The van der Waals surface area contributed by atoms with Gasteiger partial charge in [0.1, 0.15) is 0 Å². The van der Waals surface area contributed by atoms with Gasteiger partial charge in [0.2, 0.25) is 5.91 Å². The Balaban J connectivity index is 1.39. The molecule has 0 saturated carbocycles. The molecule has 1 aromatic carbocycles. The summed E-state index contributed by atoms with van der Waals surface area (Å²) in [6.07, 6.45) is 3.43. The van der Waals surface area contributed by atoms with Crippen molar-refractivity contribution in [2.24, 2.45) is 0 Å². The first kappa shape index (κ1) is 19.8. The molecule has 2 aliphatic heterocycles. The van der Waals surface area contributed by atoms with E-state index in [4.69, 9.17) is 0 Å². The zero-order valence-corrected chi connectivity index (χ0v) is 17.4. The van der Waals surface area contributed by atoms with Crippen LogP contribution in [-0.4, -0.2) is 76.8 Å². The molecule has 1 aromatic heterocycles. The number of pyridine rings is 1. The Morgan fingerprint density at radius 2 is 1.83 bits per heavy atom. The van der Waals surface area contributed by atoms with Crippen LogP contribution in [0.4, 0.5) is 0 Å². The minimum atomic E-state index is 0.0577. The molecule has 1 atom stereocenters. The van der Waals surface area contributed by atoms with Gasteiger partial charge >= 0.3 is 0 Å². The molecule has 0 bridgehead atoms. The van der Waals surface area contributed by atoms with E-state index in [1.165, 1.54) is 6.42 Å². The summed E-state index contributed by atoms with van der Waals surface area (Å²) in [6, 6.07) is 10.0. The van der Waals surface area contributed by atoms with E-state index >= 15 is 0 Å².